The second kappa shape index (κ2) is 9.96. The van der Waals surface area contributed by atoms with Gasteiger partial charge < -0.3 is 16.0 Å². The first-order valence-corrected chi connectivity index (χ1v) is 8.30. The highest BCUT2D eigenvalue weighted by Gasteiger charge is 2.02. The highest BCUT2D eigenvalue weighted by atomic mass is 35.5. The molecule has 0 aliphatic rings. The lowest BCUT2D eigenvalue weighted by molar-refractivity contribution is 0.834. The number of rotatable bonds is 7. The van der Waals surface area contributed by atoms with Crippen molar-refractivity contribution < 1.29 is 0 Å². The quantitative estimate of drug-likeness (QED) is 0.405. The van der Waals surface area contributed by atoms with Gasteiger partial charge in [-0.25, -0.2) is 4.98 Å². The van der Waals surface area contributed by atoms with Crippen molar-refractivity contribution in [3.8, 4) is 0 Å². The number of nitrogens with zero attached hydrogens (tertiary/aromatic N) is 2. The molecule has 1 aromatic heterocycles. The van der Waals surface area contributed by atoms with E-state index >= 15 is 0 Å². The fraction of sp³-hybridized carbons (Fsp3) is 0.500. The van der Waals surface area contributed by atoms with Gasteiger partial charge in [-0.2, -0.15) is 11.8 Å². The Kier molecular flexibility index (Phi) is 8.57. The summed E-state index contributed by atoms with van der Waals surface area (Å²) >= 11 is 13.6. The van der Waals surface area contributed by atoms with Gasteiger partial charge in [0.1, 0.15) is 5.82 Å². The van der Waals surface area contributed by atoms with Crippen molar-refractivity contribution in [1.29, 1.82) is 0 Å². The monoisotopic (exact) mass is 335 g/mol. The third-order valence-electron chi connectivity index (χ3n) is 2.34. The van der Waals surface area contributed by atoms with Crippen molar-refractivity contribution in [3.05, 3.63) is 22.3 Å². The van der Waals surface area contributed by atoms with E-state index in [4.69, 9.17) is 23.2 Å². The molecule has 0 saturated carbocycles. The summed E-state index contributed by atoms with van der Waals surface area (Å²) in [7, 11) is 1.75. The molecule has 8 heteroatoms. The molecule has 0 amide bonds. The average molecular weight is 336 g/mol. The van der Waals surface area contributed by atoms with Crippen molar-refractivity contribution in [2.45, 2.75) is 0 Å². The summed E-state index contributed by atoms with van der Waals surface area (Å²) in [6.07, 6.45) is 3.64. The number of aromatic nitrogens is 1. The molecule has 0 radical (unpaired) electrons. The fourth-order valence-electron chi connectivity index (χ4n) is 1.40. The molecule has 5 nitrogen and oxygen atoms in total. The van der Waals surface area contributed by atoms with Crippen LogP contribution in [0.1, 0.15) is 0 Å². The molecule has 0 atom stereocenters. The summed E-state index contributed by atoms with van der Waals surface area (Å²) < 4.78 is 0. The van der Waals surface area contributed by atoms with Crippen LogP contribution in [0.25, 0.3) is 0 Å². The summed E-state index contributed by atoms with van der Waals surface area (Å²) in [5.41, 5.74) is 0. The standard InChI is InChI=1S/C12H19Cl2N5S/c1-15-12(18-5-6-20-2)17-4-3-16-11-10(14)7-9(13)8-19-11/h7-8H,3-6H2,1-2H3,(H,16,19)(H2,15,17,18). The molecule has 0 unspecified atom stereocenters. The highest BCUT2D eigenvalue weighted by Crippen LogP contribution is 2.21. The molecular formula is C12H19Cl2N5S. The number of hydrogen-bond donors (Lipinski definition) is 3. The smallest absolute Gasteiger partial charge is 0.191 e. The molecule has 1 rings (SSSR count). The molecule has 112 valence electrons. The van der Waals surface area contributed by atoms with E-state index < -0.39 is 0 Å². The predicted octanol–water partition coefficient (Wildman–Crippen LogP) is 2.33. The molecule has 1 heterocycles. The molecule has 20 heavy (non-hydrogen) atoms. The van der Waals surface area contributed by atoms with Crippen LogP contribution in [0.15, 0.2) is 17.3 Å². The Hall–Kier alpha value is -0.850. The number of thioether (sulfide) groups is 1. The minimum absolute atomic E-state index is 0.514. The number of halogens is 2. The van der Waals surface area contributed by atoms with Crippen LogP contribution in [0.2, 0.25) is 10.0 Å². The Balaban J connectivity index is 2.26. The van der Waals surface area contributed by atoms with Crippen LogP contribution < -0.4 is 16.0 Å². The molecule has 0 aromatic carbocycles. The van der Waals surface area contributed by atoms with Crippen molar-refractivity contribution in [1.82, 2.24) is 15.6 Å². The molecule has 3 N–H and O–H groups in total. The Morgan fingerprint density at radius 3 is 2.70 bits per heavy atom. The van der Waals surface area contributed by atoms with Crippen molar-refractivity contribution in [2.24, 2.45) is 4.99 Å². The van der Waals surface area contributed by atoms with Crippen molar-refractivity contribution in [2.75, 3.05) is 44.0 Å². The van der Waals surface area contributed by atoms with E-state index in [9.17, 15) is 0 Å². The Bertz CT molecular complexity index is 442. The van der Waals surface area contributed by atoms with Gasteiger partial charge in [0.15, 0.2) is 5.96 Å². The van der Waals surface area contributed by atoms with E-state index in [2.05, 4.69) is 32.2 Å². The van der Waals surface area contributed by atoms with Gasteiger partial charge in [0.2, 0.25) is 0 Å². The first-order chi connectivity index (χ1) is 9.67. The van der Waals surface area contributed by atoms with Gasteiger partial charge in [0.25, 0.3) is 0 Å². The zero-order valence-corrected chi connectivity index (χ0v) is 13.9. The van der Waals surface area contributed by atoms with Crippen molar-refractivity contribution in [3.63, 3.8) is 0 Å². The van der Waals surface area contributed by atoms with Crippen LogP contribution >= 0.6 is 35.0 Å². The highest BCUT2D eigenvalue weighted by molar-refractivity contribution is 7.98. The minimum atomic E-state index is 0.514. The number of anilines is 1. The molecule has 0 spiro atoms. The summed E-state index contributed by atoms with van der Waals surface area (Å²) in [6, 6.07) is 1.66. The fourth-order valence-corrected chi connectivity index (χ4v) is 2.15. The number of aliphatic imine (C=N–C) groups is 1. The third-order valence-corrected chi connectivity index (χ3v) is 3.45. The van der Waals surface area contributed by atoms with Crippen LogP contribution in [0.3, 0.4) is 0 Å². The van der Waals surface area contributed by atoms with Crippen LogP contribution in [0, 0.1) is 0 Å². The van der Waals surface area contributed by atoms with Crippen LogP contribution in [0.4, 0.5) is 5.82 Å². The van der Waals surface area contributed by atoms with Gasteiger partial charge in [-0.1, -0.05) is 23.2 Å². The summed E-state index contributed by atoms with van der Waals surface area (Å²) in [5, 5.41) is 10.6. The van der Waals surface area contributed by atoms with Gasteiger partial charge in [-0.3, -0.25) is 4.99 Å². The number of guanidine groups is 1. The third kappa shape index (κ3) is 6.54. The Labute approximate surface area is 133 Å². The van der Waals surface area contributed by atoms with E-state index in [1.807, 2.05) is 0 Å². The lowest BCUT2D eigenvalue weighted by Crippen LogP contribution is -2.40. The maximum absolute atomic E-state index is 6.01. The molecule has 1 aromatic rings. The van der Waals surface area contributed by atoms with E-state index in [1.165, 1.54) is 0 Å². The maximum Gasteiger partial charge on any atom is 0.191 e. The first-order valence-electron chi connectivity index (χ1n) is 6.15. The lowest BCUT2D eigenvalue weighted by Gasteiger charge is -2.12. The summed E-state index contributed by atoms with van der Waals surface area (Å²) in [4.78, 5) is 8.26. The van der Waals surface area contributed by atoms with Crippen molar-refractivity contribution >= 4 is 46.7 Å². The minimum Gasteiger partial charge on any atom is -0.367 e. The summed E-state index contributed by atoms with van der Waals surface area (Å²) in [6.45, 7) is 2.27. The normalized spacial score (nSPS) is 11.3. The van der Waals surface area contributed by atoms with Gasteiger partial charge in [-0.05, 0) is 12.3 Å². The van der Waals surface area contributed by atoms with Crippen LogP contribution in [-0.4, -0.2) is 49.6 Å². The lowest BCUT2D eigenvalue weighted by atomic mass is 10.4. The maximum atomic E-state index is 6.01. The zero-order valence-electron chi connectivity index (χ0n) is 11.5. The van der Waals surface area contributed by atoms with Gasteiger partial charge in [0, 0.05) is 38.6 Å². The van der Waals surface area contributed by atoms with E-state index in [0.29, 0.717) is 29.0 Å². The Morgan fingerprint density at radius 1 is 1.30 bits per heavy atom. The van der Waals surface area contributed by atoms with Crippen LogP contribution in [0.5, 0.6) is 0 Å². The van der Waals surface area contributed by atoms with E-state index in [-0.39, 0.29) is 0 Å². The largest absolute Gasteiger partial charge is 0.367 e. The molecule has 0 saturated heterocycles. The van der Waals surface area contributed by atoms with Gasteiger partial charge in [-0.15, -0.1) is 0 Å². The van der Waals surface area contributed by atoms with Gasteiger partial charge in [0.05, 0.1) is 10.0 Å². The van der Waals surface area contributed by atoms with E-state index in [1.54, 1.807) is 31.1 Å². The Morgan fingerprint density at radius 2 is 2.05 bits per heavy atom. The number of pyridine rings is 1. The SMILES string of the molecule is CN=C(NCCNc1ncc(Cl)cc1Cl)NCCSC. The molecule has 0 aliphatic heterocycles. The first kappa shape index (κ1) is 17.2. The van der Waals surface area contributed by atoms with Crippen LogP contribution in [-0.2, 0) is 0 Å². The average Bonchev–Trinajstić information content (AvgIpc) is 2.43. The second-order valence-corrected chi connectivity index (χ2v) is 5.66. The predicted molar refractivity (Wildman–Crippen MR) is 90.5 cm³/mol. The molecule has 0 fully saturated rings. The van der Waals surface area contributed by atoms with E-state index in [0.717, 1.165) is 18.3 Å². The zero-order chi connectivity index (χ0) is 14.8. The topological polar surface area (TPSA) is 61.3 Å². The number of nitrogens with one attached hydrogen (secondary N) is 3. The molecule has 0 aliphatic carbocycles. The van der Waals surface area contributed by atoms with Gasteiger partial charge >= 0.3 is 0 Å². The molecule has 0 bridgehead atoms. The second-order valence-electron chi connectivity index (χ2n) is 3.83. The number of hydrogen-bond acceptors (Lipinski definition) is 4. The summed E-state index contributed by atoms with van der Waals surface area (Å²) in [5.74, 6) is 2.46. The molecular weight excluding hydrogens is 317 g/mol.